The third kappa shape index (κ3) is 3.16. The third-order valence-electron chi connectivity index (χ3n) is 2.88. The van der Waals surface area contributed by atoms with Gasteiger partial charge in [0.05, 0.1) is 16.5 Å². The molecule has 2 aromatic rings. The first kappa shape index (κ1) is 14.9. The number of para-hydroxylation sites is 1. The number of benzene rings is 1. The number of hydrogen-bond acceptors (Lipinski definition) is 6. The minimum atomic E-state index is -0.611. The maximum Gasteiger partial charge on any atom is 0.292 e. The zero-order valence-electron chi connectivity index (χ0n) is 11.5. The number of rotatable bonds is 4. The SMILES string of the molecule is Cc1csc(C(C)NC(=O)c2cccc([N+](=O)[O-])c2N)n1. The molecule has 2 rings (SSSR count). The van der Waals surface area contributed by atoms with Crippen LogP contribution in [0.25, 0.3) is 0 Å². The lowest BCUT2D eigenvalue weighted by Crippen LogP contribution is -2.27. The maximum absolute atomic E-state index is 12.2. The highest BCUT2D eigenvalue weighted by atomic mass is 32.1. The average molecular weight is 306 g/mol. The predicted molar refractivity (Wildman–Crippen MR) is 80.2 cm³/mol. The van der Waals surface area contributed by atoms with Crippen molar-refractivity contribution in [2.45, 2.75) is 19.9 Å². The van der Waals surface area contributed by atoms with E-state index in [9.17, 15) is 14.9 Å². The van der Waals surface area contributed by atoms with E-state index in [0.29, 0.717) is 0 Å². The standard InChI is InChI=1S/C13H14N4O3S/c1-7-6-21-13(15-7)8(2)16-12(18)9-4-3-5-10(11(9)14)17(19)20/h3-6,8H,14H2,1-2H3,(H,16,18). The molecule has 1 amide bonds. The van der Waals surface area contributed by atoms with Gasteiger partial charge in [0, 0.05) is 17.1 Å². The summed E-state index contributed by atoms with van der Waals surface area (Å²) in [5.41, 5.74) is 6.24. The van der Waals surface area contributed by atoms with Gasteiger partial charge in [0.25, 0.3) is 11.6 Å². The fraction of sp³-hybridized carbons (Fsp3) is 0.231. The van der Waals surface area contributed by atoms with Crippen LogP contribution in [-0.2, 0) is 0 Å². The second-order valence-corrected chi connectivity index (χ2v) is 5.41. The first-order chi connectivity index (χ1) is 9.90. The summed E-state index contributed by atoms with van der Waals surface area (Å²) in [5, 5.41) is 16.2. The molecule has 0 bridgehead atoms. The van der Waals surface area contributed by atoms with E-state index in [2.05, 4.69) is 10.3 Å². The fourth-order valence-corrected chi connectivity index (χ4v) is 2.62. The molecule has 0 spiro atoms. The summed E-state index contributed by atoms with van der Waals surface area (Å²) in [6.07, 6.45) is 0. The van der Waals surface area contributed by atoms with Crippen LogP contribution < -0.4 is 11.1 Å². The number of nitrogens with zero attached hydrogens (tertiary/aromatic N) is 2. The van der Waals surface area contributed by atoms with E-state index < -0.39 is 10.8 Å². The molecular formula is C13H14N4O3S. The number of nitro groups is 1. The van der Waals surface area contributed by atoms with Crippen LogP contribution in [0.15, 0.2) is 23.6 Å². The molecule has 0 aliphatic carbocycles. The molecule has 21 heavy (non-hydrogen) atoms. The number of nitrogen functional groups attached to an aromatic ring is 1. The van der Waals surface area contributed by atoms with Crippen LogP contribution >= 0.6 is 11.3 Å². The molecule has 1 aromatic carbocycles. The second-order valence-electron chi connectivity index (χ2n) is 4.52. The van der Waals surface area contributed by atoms with Crippen molar-refractivity contribution in [2.24, 2.45) is 0 Å². The van der Waals surface area contributed by atoms with E-state index in [0.717, 1.165) is 10.7 Å². The number of nitrogens with two attached hydrogens (primary N) is 1. The van der Waals surface area contributed by atoms with Gasteiger partial charge >= 0.3 is 0 Å². The van der Waals surface area contributed by atoms with Crippen LogP contribution in [-0.4, -0.2) is 15.8 Å². The van der Waals surface area contributed by atoms with Gasteiger partial charge in [-0.2, -0.15) is 0 Å². The lowest BCUT2D eigenvalue weighted by atomic mass is 10.1. The highest BCUT2D eigenvalue weighted by molar-refractivity contribution is 7.09. The van der Waals surface area contributed by atoms with E-state index in [1.54, 1.807) is 6.92 Å². The average Bonchev–Trinajstić information content (AvgIpc) is 2.85. The van der Waals surface area contributed by atoms with Gasteiger partial charge < -0.3 is 11.1 Å². The Kier molecular flexibility index (Phi) is 4.18. The number of aromatic nitrogens is 1. The largest absolute Gasteiger partial charge is 0.393 e. The molecule has 110 valence electrons. The Morgan fingerprint density at radius 2 is 2.24 bits per heavy atom. The zero-order chi connectivity index (χ0) is 15.6. The molecule has 0 radical (unpaired) electrons. The molecule has 1 unspecified atom stereocenters. The Bertz CT molecular complexity index is 698. The number of nitro benzene ring substituents is 1. The molecule has 7 nitrogen and oxygen atoms in total. The van der Waals surface area contributed by atoms with E-state index in [1.165, 1.54) is 29.5 Å². The number of carbonyl (C=O) groups is 1. The van der Waals surface area contributed by atoms with Gasteiger partial charge in [0.15, 0.2) is 0 Å². The summed E-state index contributed by atoms with van der Waals surface area (Å²) in [4.78, 5) is 26.7. The van der Waals surface area contributed by atoms with Gasteiger partial charge in [-0.3, -0.25) is 14.9 Å². The summed E-state index contributed by atoms with van der Waals surface area (Å²) < 4.78 is 0. The van der Waals surface area contributed by atoms with Gasteiger partial charge in [-0.25, -0.2) is 4.98 Å². The Morgan fingerprint density at radius 3 is 2.81 bits per heavy atom. The lowest BCUT2D eigenvalue weighted by molar-refractivity contribution is -0.383. The smallest absolute Gasteiger partial charge is 0.292 e. The number of nitrogens with one attached hydrogen (secondary N) is 1. The normalized spacial score (nSPS) is 11.9. The van der Waals surface area contributed by atoms with E-state index in [4.69, 9.17) is 5.73 Å². The maximum atomic E-state index is 12.2. The zero-order valence-corrected chi connectivity index (χ0v) is 12.3. The van der Waals surface area contributed by atoms with Crippen molar-refractivity contribution >= 4 is 28.6 Å². The summed E-state index contributed by atoms with van der Waals surface area (Å²) in [6, 6.07) is 3.86. The van der Waals surface area contributed by atoms with Crippen molar-refractivity contribution in [2.75, 3.05) is 5.73 Å². The number of carbonyl (C=O) groups excluding carboxylic acids is 1. The van der Waals surface area contributed by atoms with Crippen molar-refractivity contribution in [1.29, 1.82) is 0 Å². The summed E-state index contributed by atoms with van der Waals surface area (Å²) in [5.74, 6) is -0.462. The molecule has 0 saturated carbocycles. The van der Waals surface area contributed by atoms with Crippen LogP contribution in [0.3, 0.4) is 0 Å². The van der Waals surface area contributed by atoms with Crippen LogP contribution in [0.5, 0.6) is 0 Å². The quantitative estimate of drug-likeness (QED) is 0.512. The van der Waals surface area contributed by atoms with Crippen molar-refractivity contribution in [3.63, 3.8) is 0 Å². The third-order valence-corrected chi connectivity index (χ3v) is 4.02. The highest BCUT2D eigenvalue weighted by Gasteiger charge is 2.21. The Labute approximate surface area is 125 Å². The van der Waals surface area contributed by atoms with Gasteiger partial charge in [0.2, 0.25) is 0 Å². The predicted octanol–water partition coefficient (Wildman–Crippen LogP) is 2.43. The minimum absolute atomic E-state index is 0.0873. The second kappa shape index (κ2) is 5.88. The minimum Gasteiger partial charge on any atom is -0.393 e. The van der Waals surface area contributed by atoms with E-state index in [1.807, 2.05) is 12.3 Å². The highest BCUT2D eigenvalue weighted by Crippen LogP contribution is 2.25. The monoisotopic (exact) mass is 306 g/mol. The molecule has 1 heterocycles. The van der Waals surface area contributed by atoms with Gasteiger partial charge in [-0.05, 0) is 19.9 Å². The van der Waals surface area contributed by atoms with E-state index >= 15 is 0 Å². The van der Waals surface area contributed by atoms with Crippen LogP contribution in [0.1, 0.15) is 34.0 Å². The fourth-order valence-electron chi connectivity index (χ4n) is 1.82. The molecular weight excluding hydrogens is 292 g/mol. The number of anilines is 1. The summed E-state index contributed by atoms with van der Waals surface area (Å²) in [6.45, 7) is 3.66. The molecule has 1 atom stereocenters. The van der Waals surface area contributed by atoms with Crippen LogP contribution in [0.2, 0.25) is 0 Å². The van der Waals surface area contributed by atoms with Crippen molar-refractivity contribution in [3.05, 3.63) is 50.0 Å². The van der Waals surface area contributed by atoms with Crippen LogP contribution in [0.4, 0.5) is 11.4 Å². The molecule has 3 N–H and O–H groups in total. The molecule has 1 aromatic heterocycles. The molecule has 0 aliphatic rings. The van der Waals surface area contributed by atoms with Crippen LogP contribution in [0, 0.1) is 17.0 Å². The molecule has 8 heteroatoms. The first-order valence-electron chi connectivity index (χ1n) is 6.16. The molecule has 0 fully saturated rings. The first-order valence-corrected chi connectivity index (χ1v) is 7.04. The summed E-state index contributed by atoms with van der Waals surface area (Å²) >= 11 is 1.44. The number of amides is 1. The van der Waals surface area contributed by atoms with E-state index in [-0.39, 0.29) is 23.0 Å². The Morgan fingerprint density at radius 1 is 1.52 bits per heavy atom. The Hall–Kier alpha value is -2.48. The topological polar surface area (TPSA) is 111 Å². The summed E-state index contributed by atoms with van der Waals surface area (Å²) in [7, 11) is 0. The van der Waals surface area contributed by atoms with Gasteiger partial charge in [-0.15, -0.1) is 11.3 Å². The Balaban J connectivity index is 2.21. The van der Waals surface area contributed by atoms with Gasteiger partial charge in [-0.1, -0.05) is 6.07 Å². The number of hydrogen-bond donors (Lipinski definition) is 2. The van der Waals surface area contributed by atoms with Crippen molar-refractivity contribution < 1.29 is 9.72 Å². The molecule has 0 saturated heterocycles. The number of thiazole rings is 1. The molecule has 0 aliphatic heterocycles. The van der Waals surface area contributed by atoms with Gasteiger partial charge in [0.1, 0.15) is 10.7 Å². The lowest BCUT2D eigenvalue weighted by Gasteiger charge is -2.12. The van der Waals surface area contributed by atoms with Crippen molar-refractivity contribution in [1.82, 2.24) is 10.3 Å². The van der Waals surface area contributed by atoms with Crippen molar-refractivity contribution in [3.8, 4) is 0 Å². The number of aryl methyl sites for hydroxylation is 1.